The Labute approximate surface area is 196 Å². The van der Waals surface area contributed by atoms with E-state index in [-0.39, 0.29) is 13.1 Å². The average Bonchev–Trinajstić information content (AvgIpc) is 3.48. The van der Waals surface area contributed by atoms with Crippen molar-refractivity contribution in [1.82, 2.24) is 9.80 Å². The highest BCUT2D eigenvalue weighted by atomic mass is 32.1. The van der Waals surface area contributed by atoms with Crippen LogP contribution in [0, 0.1) is 5.92 Å². The molecular weight excluding hydrogens is 436 g/mol. The molecule has 168 valence electrons. The molecule has 2 aliphatic heterocycles. The van der Waals surface area contributed by atoms with Crippen molar-refractivity contribution in [3.05, 3.63) is 94.2 Å². The molecule has 1 N–H and O–H groups in total. The summed E-state index contributed by atoms with van der Waals surface area (Å²) in [5, 5.41) is 13.6. The first-order valence-corrected chi connectivity index (χ1v) is 11.8. The van der Waals surface area contributed by atoms with Crippen LogP contribution in [0.3, 0.4) is 0 Å². The predicted molar refractivity (Wildman–Crippen MR) is 124 cm³/mol. The van der Waals surface area contributed by atoms with E-state index in [0.717, 1.165) is 11.1 Å². The van der Waals surface area contributed by atoms with Gasteiger partial charge in [0.05, 0.1) is 6.54 Å². The Kier molecular flexibility index (Phi) is 5.18. The third-order valence-electron chi connectivity index (χ3n) is 6.85. The summed E-state index contributed by atoms with van der Waals surface area (Å²) in [5.74, 6) is -2.76. The maximum Gasteiger partial charge on any atom is 0.261 e. The van der Waals surface area contributed by atoms with Gasteiger partial charge in [0.2, 0.25) is 5.91 Å². The lowest BCUT2D eigenvalue weighted by Crippen LogP contribution is -2.52. The van der Waals surface area contributed by atoms with E-state index >= 15 is 0 Å². The molecule has 1 aromatic heterocycles. The van der Waals surface area contributed by atoms with Crippen molar-refractivity contribution in [3.63, 3.8) is 0 Å². The van der Waals surface area contributed by atoms with Gasteiger partial charge in [0.25, 0.3) is 11.8 Å². The molecule has 2 saturated heterocycles. The summed E-state index contributed by atoms with van der Waals surface area (Å²) in [6, 6.07) is 22.3. The molecule has 0 unspecified atom stereocenters. The summed E-state index contributed by atoms with van der Waals surface area (Å²) in [6.07, 6.45) is 0.509. The van der Waals surface area contributed by atoms with Crippen LogP contribution < -0.4 is 0 Å². The predicted octanol–water partition coefficient (Wildman–Crippen LogP) is 2.96. The fourth-order valence-electron chi connectivity index (χ4n) is 5.17. The van der Waals surface area contributed by atoms with Gasteiger partial charge in [0, 0.05) is 11.4 Å². The Balaban J connectivity index is 1.56. The fourth-order valence-corrected chi connectivity index (χ4v) is 6.01. The number of benzene rings is 2. The minimum Gasteiger partial charge on any atom is -0.374 e. The van der Waals surface area contributed by atoms with Gasteiger partial charge in [-0.1, -0.05) is 66.7 Å². The van der Waals surface area contributed by atoms with Crippen molar-refractivity contribution in [2.24, 2.45) is 5.92 Å². The van der Waals surface area contributed by atoms with Crippen LogP contribution >= 0.6 is 11.3 Å². The van der Waals surface area contributed by atoms with Gasteiger partial charge in [0.15, 0.2) is 5.60 Å². The summed E-state index contributed by atoms with van der Waals surface area (Å²) in [4.78, 5) is 44.1. The van der Waals surface area contributed by atoms with Gasteiger partial charge in [-0.2, -0.15) is 0 Å². The second kappa shape index (κ2) is 7.93. The third-order valence-corrected chi connectivity index (χ3v) is 7.84. The number of carbonyl (C=O) groups excluding carboxylic acids is 3. The minimum absolute atomic E-state index is 0.103. The molecule has 3 amide bonds. The number of hydrogen-bond acceptors (Lipinski definition) is 5. The van der Waals surface area contributed by atoms with E-state index in [9.17, 15) is 19.5 Å². The van der Waals surface area contributed by atoms with Crippen LogP contribution in [0.2, 0.25) is 0 Å². The van der Waals surface area contributed by atoms with Crippen molar-refractivity contribution >= 4 is 29.1 Å². The Morgan fingerprint density at radius 3 is 2.12 bits per heavy atom. The van der Waals surface area contributed by atoms with Crippen molar-refractivity contribution in [2.45, 2.75) is 31.0 Å². The first-order chi connectivity index (χ1) is 15.9. The summed E-state index contributed by atoms with van der Waals surface area (Å²) in [5.41, 5.74) is -1.71. The van der Waals surface area contributed by atoms with Gasteiger partial charge >= 0.3 is 0 Å². The minimum atomic E-state index is -2.07. The SMILES string of the molecule is C[C@@]12C(=O)N(Cc3ccccc3)C(=O)[C@@H]1[C@](O)(c1cccs1)C(=O)N2CCc1ccccc1. The van der Waals surface area contributed by atoms with Crippen LogP contribution in [-0.4, -0.2) is 44.7 Å². The maximum absolute atomic E-state index is 13.8. The first kappa shape index (κ1) is 21.6. The lowest BCUT2D eigenvalue weighted by molar-refractivity contribution is -0.157. The summed E-state index contributed by atoms with van der Waals surface area (Å²) in [7, 11) is 0. The number of amides is 3. The third kappa shape index (κ3) is 3.14. The molecule has 3 atom stereocenters. The van der Waals surface area contributed by atoms with Crippen LogP contribution in [0.5, 0.6) is 0 Å². The standard InChI is InChI=1S/C26H24N2O4S/c1-25-21(22(29)27(23(25)30)17-19-11-6-3-7-12-19)26(32,20-13-8-16-33-20)24(31)28(25)15-14-18-9-4-2-5-10-18/h2-13,16,21,32H,14-15,17H2,1H3/t21-,25-,26+/m0/s1. The molecule has 2 fully saturated rings. The first-order valence-electron chi connectivity index (χ1n) is 10.9. The zero-order chi connectivity index (χ0) is 23.2. The van der Waals surface area contributed by atoms with E-state index in [0.29, 0.717) is 11.3 Å². The fraction of sp³-hybridized carbons (Fsp3) is 0.269. The molecule has 0 radical (unpaired) electrons. The van der Waals surface area contributed by atoms with E-state index in [4.69, 9.17) is 0 Å². The Morgan fingerprint density at radius 1 is 0.879 bits per heavy atom. The largest absolute Gasteiger partial charge is 0.374 e. The Morgan fingerprint density at radius 2 is 1.52 bits per heavy atom. The van der Waals surface area contributed by atoms with Gasteiger partial charge in [0.1, 0.15) is 11.5 Å². The molecule has 0 bridgehead atoms. The number of rotatable bonds is 6. The van der Waals surface area contributed by atoms with E-state index in [1.54, 1.807) is 24.4 Å². The average molecular weight is 461 g/mol. The molecule has 3 heterocycles. The number of likely N-dealkylation sites (tertiary alicyclic amines) is 2. The molecule has 33 heavy (non-hydrogen) atoms. The number of thiophene rings is 1. The highest BCUT2D eigenvalue weighted by molar-refractivity contribution is 7.10. The summed E-state index contributed by atoms with van der Waals surface area (Å²) < 4.78 is 0. The van der Waals surface area contributed by atoms with E-state index < -0.39 is 34.8 Å². The molecule has 0 aliphatic carbocycles. The molecular formula is C26H24N2O4S. The number of nitrogens with zero attached hydrogens (tertiary/aromatic N) is 2. The van der Waals surface area contributed by atoms with Crippen molar-refractivity contribution in [2.75, 3.05) is 6.54 Å². The molecule has 0 spiro atoms. The quantitative estimate of drug-likeness (QED) is 0.574. The van der Waals surface area contributed by atoms with Crippen LogP contribution in [0.1, 0.15) is 22.9 Å². The van der Waals surface area contributed by atoms with Gasteiger partial charge in [-0.25, -0.2) is 0 Å². The lowest BCUT2D eigenvalue weighted by Gasteiger charge is -2.32. The van der Waals surface area contributed by atoms with Crippen molar-refractivity contribution < 1.29 is 19.5 Å². The number of carbonyl (C=O) groups is 3. The number of aliphatic hydroxyl groups is 1. The van der Waals surface area contributed by atoms with Gasteiger partial charge < -0.3 is 10.0 Å². The maximum atomic E-state index is 13.8. The van der Waals surface area contributed by atoms with Crippen LogP contribution in [-0.2, 0) is 33.0 Å². The summed E-state index contributed by atoms with van der Waals surface area (Å²) in [6.45, 7) is 1.95. The second-order valence-corrected chi connectivity index (χ2v) is 9.68. The van der Waals surface area contributed by atoms with Crippen LogP contribution in [0.25, 0.3) is 0 Å². The molecule has 6 nitrogen and oxygen atoms in total. The molecule has 0 saturated carbocycles. The van der Waals surface area contributed by atoms with E-state index in [2.05, 4.69) is 0 Å². The van der Waals surface area contributed by atoms with E-state index in [1.165, 1.54) is 21.1 Å². The lowest BCUT2D eigenvalue weighted by atomic mass is 9.79. The van der Waals surface area contributed by atoms with Gasteiger partial charge in [-0.3, -0.25) is 19.3 Å². The topological polar surface area (TPSA) is 77.9 Å². The van der Waals surface area contributed by atoms with Crippen LogP contribution in [0.15, 0.2) is 78.2 Å². The monoisotopic (exact) mass is 460 g/mol. The highest BCUT2D eigenvalue weighted by Gasteiger charge is 2.76. The molecule has 2 aliphatic rings. The molecule has 5 rings (SSSR count). The van der Waals surface area contributed by atoms with Crippen molar-refractivity contribution in [3.8, 4) is 0 Å². The normalized spacial score (nSPS) is 26.8. The molecule has 2 aromatic carbocycles. The Hall–Kier alpha value is -3.29. The molecule has 3 aromatic rings. The number of fused-ring (bicyclic) bond motifs is 1. The summed E-state index contributed by atoms with van der Waals surface area (Å²) >= 11 is 1.22. The highest BCUT2D eigenvalue weighted by Crippen LogP contribution is 2.54. The Bertz CT molecular complexity index is 1200. The zero-order valence-electron chi connectivity index (χ0n) is 18.2. The smallest absolute Gasteiger partial charge is 0.261 e. The number of imide groups is 1. The van der Waals surface area contributed by atoms with Gasteiger partial charge in [-0.05, 0) is 35.9 Å². The van der Waals surface area contributed by atoms with E-state index in [1.807, 2.05) is 60.7 Å². The van der Waals surface area contributed by atoms with Crippen molar-refractivity contribution in [1.29, 1.82) is 0 Å². The zero-order valence-corrected chi connectivity index (χ0v) is 19.0. The molecule has 7 heteroatoms. The van der Waals surface area contributed by atoms with Gasteiger partial charge in [-0.15, -0.1) is 11.3 Å². The van der Waals surface area contributed by atoms with Crippen LogP contribution in [0.4, 0.5) is 0 Å². The number of hydrogen-bond donors (Lipinski definition) is 1. The second-order valence-electron chi connectivity index (χ2n) is 8.73.